The molecular formula is C24H27IN2O2. The van der Waals surface area contributed by atoms with Crippen LogP contribution in [0.4, 0.5) is 0 Å². The SMILES string of the molecule is CC(C)C(C)(c1ccc(I)cc1)c1c[nH]c2cc(C(=O)N3CCC(O)C3)ccc12. The summed E-state index contributed by atoms with van der Waals surface area (Å²) in [4.78, 5) is 17.9. The molecule has 5 heteroatoms. The van der Waals surface area contributed by atoms with Crippen molar-refractivity contribution in [1.29, 1.82) is 0 Å². The molecule has 0 aliphatic carbocycles. The van der Waals surface area contributed by atoms with Crippen LogP contribution >= 0.6 is 22.6 Å². The van der Waals surface area contributed by atoms with Crippen molar-refractivity contribution in [2.75, 3.05) is 13.1 Å². The van der Waals surface area contributed by atoms with Crippen molar-refractivity contribution in [3.63, 3.8) is 0 Å². The number of β-amino-alcohol motifs (C(OH)–C–C–N with tert-alkyl or cyclic N) is 1. The lowest BCUT2D eigenvalue weighted by Gasteiger charge is -2.34. The van der Waals surface area contributed by atoms with Crippen LogP contribution in [0.2, 0.25) is 0 Å². The molecule has 4 rings (SSSR count). The Kier molecular flexibility index (Phi) is 5.46. The van der Waals surface area contributed by atoms with Crippen LogP contribution in [0.3, 0.4) is 0 Å². The summed E-state index contributed by atoms with van der Waals surface area (Å²) in [6.07, 6.45) is 2.35. The molecule has 1 amide bonds. The van der Waals surface area contributed by atoms with E-state index < -0.39 is 6.10 Å². The third-order valence-corrected chi connectivity index (χ3v) is 7.26. The average Bonchev–Trinajstić information content (AvgIpc) is 3.33. The summed E-state index contributed by atoms with van der Waals surface area (Å²) in [7, 11) is 0. The summed E-state index contributed by atoms with van der Waals surface area (Å²) in [5.74, 6) is 0.387. The fourth-order valence-electron chi connectivity index (χ4n) is 4.39. The van der Waals surface area contributed by atoms with Crippen molar-refractivity contribution in [2.45, 2.75) is 38.7 Å². The minimum atomic E-state index is -0.402. The third-order valence-electron chi connectivity index (χ3n) is 6.54. The summed E-state index contributed by atoms with van der Waals surface area (Å²) in [5.41, 5.74) is 4.04. The smallest absolute Gasteiger partial charge is 0.254 e. The zero-order chi connectivity index (χ0) is 20.8. The van der Waals surface area contributed by atoms with Crippen molar-refractivity contribution in [3.05, 3.63) is 68.9 Å². The summed E-state index contributed by atoms with van der Waals surface area (Å²) in [5, 5.41) is 10.9. The fourth-order valence-corrected chi connectivity index (χ4v) is 4.75. The maximum Gasteiger partial charge on any atom is 0.254 e. The van der Waals surface area contributed by atoms with E-state index in [1.165, 1.54) is 14.7 Å². The molecule has 2 N–H and O–H groups in total. The highest BCUT2D eigenvalue weighted by molar-refractivity contribution is 14.1. The summed E-state index contributed by atoms with van der Waals surface area (Å²) in [6, 6.07) is 14.7. The Bertz CT molecular complexity index is 1040. The Morgan fingerprint density at radius 3 is 2.59 bits per heavy atom. The van der Waals surface area contributed by atoms with Gasteiger partial charge in [0.25, 0.3) is 5.91 Å². The van der Waals surface area contributed by atoms with Crippen LogP contribution in [0, 0.1) is 9.49 Å². The van der Waals surface area contributed by atoms with Gasteiger partial charge in [-0.15, -0.1) is 0 Å². The summed E-state index contributed by atoms with van der Waals surface area (Å²) < 4.78 is 1.23. The number of likely N-dealkylation sites (tertiary alicyclic amines) is 1. The molecule has 2 heterocycles. The number of aromatic amines is 1. The second-order valence-electron chi connectivity index (χ2n) is 8.52. The molecule has 2 aromatic carbocycles. The van der Waals surface area contributed by atoms with Gasteiger partial charge in [-0.1, -0.05) is 39.0 Å². The largest absolute Gasteiger partial charge is 0.391 e. The van der Waals surface area contributed by atoms with Gasteiger partial charge in [-0.25, -0.2) is 0 Å². The number of aliphatic hydroxyl groups excluding tert-OH is 1. The number of amides is 1. The monoisotopic (exact) mass is 502 g/mol. The number of fused-ring (bicyclic) bond motifs is 1. The van der Waals surface area contributed by atoms with E-state index in [9.17, 15) is 9.90 Å². The van der Waals surface area contributed by atoms with Crippen LogP contribution in [0.15, 0.2) is 48.7 Å². The zero-order valence-electron chi connectivity index (χ0n) is 17.1. The first kappa shape index (κ1) is 20.4. The second-order valence-corrected chi connectivity index (χ2v) is 9.77. The van der Waals surface area contributed by atoms with E-state index in [-0.39, 0.29) is 11.3 Å². The number of nitrogens with one attached hydrogen (secondary N) is 1. The fraction of sp³-hybridized carbons (Fsp3) is 0.375. The molecule has 1 aliphatic heterocycles. The number of benzene rings is 2. The molecule has 1 aliphatic rings. The number of halogens is 1. The van der Waals surface area contributed by atoms with Gasteiger partial charge in [0.2, 0.25) is 0 Å². The number of rotatable bonds is 4. The van der Waals surface area contributed by atoms with Gasteiger partial charge < -0.3 is 15.0 Å². The first-order chi connectivity index (χ1) is 13.8. The molecule has 29 heavy (non-hydrogen) atoms. The van der Waals surface area contributed by atoms with Gasteiger partial charge in [0, 0.05) is 44.7 Å². The number of hydrogen-bond donors (Lipinski definition) is 2. The van der Waals surface area contributed by atoms with E-state index in [4.69, 9.17) is 0 Å². The van der Waals surface area contributed by atoms with E-state index in [0.29, 0.717) is 31.0 Å². The second kappa shape index (κ2) is 7.76. The van der Waals surface area contributed by atoms with Crippen LogP contribution in [-0.2, 0) is 5.41 Å². The number of hydrogen-bond acceptors (Lipinski definition) is 2. The van der Waals surface area contributed by atoms with E-state index in [0.717, 1.165) is 10.9 Å². The Balaban J connectivity index is 1.74. The van der Waals surface area contributed by atoms with E-state index in [1.807, 2.05) is 12.1 Å². The van der Waals surface area contributed by atoms with Gasteiger partial charge >= 0.3 is 0 Å². The van der Waals surface area contributed by atoms with Crippen molar-refractivity contribution in [3.8, 4) is 0 Å². The van der Waals surface area contributed by atoms with Gasteiger partial charge in [0.15, 0.2) is 0 Å². The number of aliphatic hydroxyl groups is 1. The molecule has 0 saturated carbocycles. The molecule has 0 spiro atoms. The normalized spacial score (nSPS) is 19.1. The van der Waals surface area contributed by atoms with Gasteiger partial charge in [0.05, 0.1) is 6.10 Å². The third kappa shape index (κ3) is 3.59. The number of nitrogens with zero attached hydrogens (tertiary/aromatic N) is 1. The number of H-pyrrole nitrogens is 1. The summed E-state index contributed by atoms with van der Waals surface area (Å²) in [6.45, 7) is 7.85. The van der Waals surface area contributed by atoms with Crippen LogP contribution in [-0.4, -0.2) is 40.1 Å². The lowest BCUT2D eigenvalue weighted by atomic mass is 9.68. The van der Waals surface area contributed by atoms with Gasteiger partial charge in [-0.05, 0) is 70.3 Å². The molecule has 1 fully saturated rings. The maximum absolute atomic E-state index is 12.8. The first-order valence-corrected chi connectivity index (χ1v) is 11.2. The topological polar surface area (TPSA) is 56.3 Å². The van der Waals surface area contributed by atoms with Gasteiger partial charge in [0.1, 0.15) is 0 Å². The van der Waals surface area contributed by atoms with Crippen LogP contribution in [0.1, 0.15) is 48.7 Å². The van der Waals surface area contributed by atoms with E-state index in [1.54, 1.807) is 4.90 Å². The molecule has 2 unspecified atom stereocenters. The van der Waals surface area contributed by atoms with Crippen molar-refractivity contribution >= 4 is 39.4 Å². The lowest BCUT2D eigenvalue weighted by molar-refractivity contribution is 0.0765. The predicted molar refractivity (Wildman–Crippen MR) is 125 cm³/mol. The van der Waals surface area contributed by atoms with Gasteiger partial charge in [-0.3, -0.25) is 4.79 Å². The molecular weight excluding hydrogens is 475 g/mol. The predicted octanol–water partition coefficient (Wildman–Crippen LogP) is 4.94. The molecule has 2 atom stereocenters. The van der Waals surface area contributed by atoms with E-state index >= 15 is 0 Å². The number of aromatic nitrogens is 1. The molecule has 152 valence electrons. The van der Waals surface area contributed by atoms with Crippen molar-refractivity contribution in [1.82, 2.24) is 9.88 Å². The van der Waals surface area contributed by atoms with Crippen molar-refractivity contribution < 1.29 is 9.90 Å². The minimum Gasteiger partial charge on any atom is -0.391 e. The number of carbonyl (C=O) groups is 1. The van der Waals surface area contributed by atoms with Crippen molar-refractivity contribution in [2.24, 2.45) is 5.92 Å². The quantitative estimate of drug-likeness (QED) is 0.497. The molecule has 4 nitrogen and oxygen atoms in total. The van der Waals surface area contributed by atoms with Crippen LogP contribution in [0.5, 0.6) is 0 Å². The van der Waals surface area contributed by atoms with Gasteiger partial charge in [-0.2, -0.15) is 0 Å². The highest BCUT2D eigenvalue weighted by atomic mass is 127. The highest BCUT2D eigenvalue weighted by Crippen LogP contribution is 2.42. The summed E-state index contributed by atoms with van der Waals surface area (Å²) >= 11 is 2.34. The Hall–Kier alpha value is -1.86. The van der Waals surface area contributed by atoms with E-state index in [2.05, 4.69) is 84.9 Å². The minimum absolute atomic E-state index is 0.0103. The van der Waals surface area contributed by atoms with Crippen LogP contribution < -0.4 is 0 Å². The maximum atomic E-state index is 12.8. The lowest BCUT2D eigenvalue weighted by Crippen LogP contribution is -2.30. The number of carbonyl (C=O) groups excluding carboxylic acids is 1. The average molecular weight is 502 g/mol. The standard InChI is InChI=1S/C24H27IN2O2/c1-15(2)24(3,17-5-7-18(25)8-6-17)21-13-26-22-12-16(4-9-20(21)22)23(29)27-11-10-19(28)14-27/h4-9,12-13,15,19,26,28H,10-11,14H2,1-3H3. The Labute approximate surface area is 185 Å². The molecule has 1 saturated heterocycles. The van der Waals surface area contributed by atoms with Crippen LogP contribution in [0.25, 0.3) is 10.9 Å². The zero-order valence-corrected chi connectivity index (χ0v) is 19.2. The molecule has 0 bridgehead atoms. The Morgan fingerprint density at radius 1 is 1.24 bits per heavy atom. The first-order valence-electron chi connectivity index (χ1n) is 10.2. The molecule has 1 aromatic heterocycles. The Morgan fingerprint density at radius 2 is 1.97 bits per heavy atom. The molecule has 0 radical (unpaired) electrons. The molecule has 3 aromatic rings. The highest BCUT2D eigenvalue weighted by Gasteiger charge is 2.35.